The Bertz CT molecular complexity index is 654. The second kappa shape index (κ2) is 5.23. The predicted molar refractivity (Wildman–Crippen MR) is 81.7 cm³/mol. The Balaban J connectivity index is 1.60. The van der Waals surface area contributed by atoms with Crippen molar-refractivity contribution in [1.29, 1.82) is 0 Å². The van der Waals surface area contributed by atoms with Crippen molar-refractivity contribution in [3.63, 3.8) is 0 Å². The van der Waals surface area contributed by atoms with E-state index in [2.05, 4.69) is 11.0 Å². The molecule has 0 amide bonds. The van der Waals surface area contributed by atoms with Crippen molar-refractivity contribution >= 4 is 5.97 Å². The largest absolute Gasteiger partial charge is 0.462 e. The Morgan fingerprint density at radius 1 is 1.27 bits per heavy atom. The van der Waals surface area contributed by atoms with Crippen molar-refractivity contribution < 1.29 is 9.53 Å². The lowest BCUT2D eigenvalue weighted by atomic mass is 9.75. The van der Waals surface area contributed by atoms with Crippen LogP contribution in [-0.2, 0) is 16.1 Å². The molecule has 5 heteroatoms. The van der Waals surface area contributed by atoms with E-state index in [9.17, 15) is 9.59 Å². The molecule has 2 fully saturated rings. The van der Waals surface area contributed by atoms with Gasteiger partial charge in [-0.2, -0.15) is 0 Å². The monoisotopic (exact) mass is 302 g/mol. The molecule has 0 N–H and O–H groups in total. The van der Waals surface area contributed by atoms with Gasteiger partial charge in [-0.1, -0.05) is 6.07 Å². The number of ether oxygens (including phenoxy) is 1. The molecule has 0 aromatic carbocycles. The maximum Gasteiger partial charge on any atom is 0.302 e. The molecule has 1 aromatic rings. The van der Waals surface area contributed by atoms with Crippen LogP contribution in [0.5, 0.6) is 0 Å². The minimum Gasteiger partial charge on any atom is -0.462 e. The first-order valence-electron chi connectivity index (χ1n) is 8.23. The number of carbonyl (C=O) groups excluding carboxylic acids is 1. The van der Waals surface area contributed by atoms with E-state index in [4.69, 9.17) is 4.74 Å². The van der Waals surface area contributed by atoms with Crippen LogP contribution in [0.1, 0.15) is 37.8 Å². The molecule has 1 aromatic heterocycles. The molecule has 3 aliphatic heterocycles. The Kier molecular flexibility index (Phi) is 3.33. The fraction of sp³-hybridized carbons (Fsp3) is 0.647. The molecule has 0 aliphatic carbocycles. The lowest BCUT2D eigenvalue weighted by molar-refractivity contribution is -0.151. The number of rotatable bonds is 1. The Morgan fingerprint density at radius 2 is 2.14 bits per heavy atom. The third-order valence-electron chi connectivity index (χ3n) is 5.55. The molecule has 5 nitrogen and oxygen atoms in total. The van der Waals surface area contributed by atoms with Crippen molar-refractivity contribution in [2.75, 3.05) is 13.1 Å². The maximum atomic E-state index is 12.1. The molecular formula is C17H22N2O3. The second-order valence-corrected chi connectivity index (χ2v) is 6.91. The molecule has 0 spiro atoms. The lowest BCUT2D eigenvalue weighted by Crippen LogP contribution is -2.57. The SMILES string of the molecule is CC(=O)O[C@@H]1CCN2C[C@H]3C[C@H](Cn4c3cccc4=O)[C@H]2C1. The number of esters is 1. The molecule has 4 rings (SSSR count). The summed E-state index contributed by atoms with van der Waals surface area (Å²) < 4.78 is 7.40. The summed E-state index contributed by atoms with van der Waals surface area (Å²) in [5.41, 5.74) is 1.32. The number of carbonyl (C=O) groups is 1. The average Bonchev–Trinajstić information content (AvgIpc) is 2.49. The summed E-state index contributed by atoms with van der Waals surface area (Å²) in [4.78, 5) is 25.9. The Morgan fingerprint density at radius 3 is 2.95 bits per heavy atom. The number of nitrogens with zero attached hydrogens (tertiary/aromatic N) is 2. The number of pyridine rings is 1. The summed E-state index contributed by atoms with van der Waals surface area (Å²) in [6.45, 7) is 4.31. The first kappa shape index (κ1) is 14.0. The van der Waals surface area contributed by atoms with Crippen molar-refractivity contribution in [2.45, 2.75) is 50.8 Å². The molecule has 0 unspecified atom stereocenters. The van der Waals surface area contributed by atoms with Crippen LogP contribution >= 0.6 is 0 Å². The van der Waals surface area contributed by atoms with Gasteiger partial charge in [0.15, 0.2) is 0 Å². The van der Waals surface area contributed by atoms with E-state index in [0.29, 0.717) is 17.9 Å². The molecule has 4 atom stereocenters. The molecule has 22 heavy (non-hydrogen) atoms. The van der Waals surface area contributed by atoms with Crippen LogP contribution in [0.25, 0.3) is 0 Å². The molecule has 0 radical (unpaired) electrons. The van der Waals surface area contributed by atoms with Crippen LogP contribution in [0.3, 0.4) is 0 Å². The van der Waals surface area contributed by atoms with E-state index < -0.39 is 0 Å². The standard InChI is InChI=1S/C17H22N2O3/c1-11(20)22-14-5-6-18-9-12-7-13(16(18)8-14)10-19-15(12)3-2-4-17(19)21/h2-4,12-14,16H,5-10H2,1H3/t12-,13-,14-,16-/m1/s1. The van der Waals surface area contributed by atoms with E-state index in [1.165, 1.54) is 12.6 Å². The molecule has 2 bridgehead atoms. The molecule has 2 saturated heterocycles. The minimum atomic E-state index is -0.183. The zero-order valence-electron chi connectivity index (χ0n) is 12.9. The van der Waals surface area contributed by atoms with Crippen LogP contribution < -0.4 is 5.56 Å². The highest BCUT2D eigenvalue weighted by atomic mass is 16.5. The summed E-state index contributed by atoms with van der Waals surface area (Å²) in [6.07, 6.45) is 3.03. The van der Waals surface area contributed by atoms with Crippen molar-refractivity contribution in [2.24, 2.45) is 5.92 Å². The predicted octanol–water partition coefficient (Wildman–Crippen LogP) is 1.36. The van der Waals surface area contributed by atoms with Crippen LogP contribution in [-0.4, -0.2) is 40.7 Å². The van der Waals surface area contributed by atoms with E-state index >= 15 is 0 Å². The fourth-order valence-electron chi connectivity index (χ4n) is 4.68. The first-order valence-corrected chi connectivity index (χ1v) is 8.23. The van der Waals surface area contributed by atoms with Crippen LogP contribution in [0, 0.1) is 5.92 Å². The zero-order chi connectivity index (χ0) is 15.3. The minimum absolute atomic E-state index is 0.0455. The normalized spacial score (nSPS) is 33.7. The van der Waals surface area contributed by atoms with Gasteiger partial charge in [0.05, 0.1) is 0 Å². The number of fused-ring (bicyclic) bond motifs is 6. The fourth-order valence-corrected chi connectivity index (χ4v) is 4.68. The maximum absolute atomic E-state index is 12.1. The Hall–Kier alpha value is -1.62. The molecule has 0 saturated carbocycles. The van der Waals surface area contributed by atoms with Gasteiger partial charge in [0.2, 0.25) is 0 Å². The average molecular weight is 302 g/mol. The summed E-state index contributed by atoms with van der Waals surface area (Å²) in [7, 11) is 0. The quantitative estimate of drug-likeness (QED) is 0.735. The van der Waals surface area contributed by atoms with Crippen LogP contribution in [0.15, 0.2) is 23.0 Å². The van der Waals surface area contributed by atoms with Crippen molar-refractivity contribution in [1.82, 2.24) is 9.47 Å². The third-order valence-corrected chi connectivity index (χ3v) is 5.55. The first-order chi connectivity index (χ1) is 10.6. The summed E-state index contributed by atoms with van der Waals surface area (Å²) in [6, 6.07) is 6.08. The van der Waals surface area contributed by atoms with Gasteiger partial charge < -0.3 is 9.30 Å². The highest BCUT2D eigenvalue weighted by molar-refractivity contribution is 5.66. The van der Waals surface area contributed by atoms with Gasteiger partial charge in [-0.15, -0.1) is 0 Å². The number of hydrogen-bond donors (Lipinski definition) is 0. The van der Waals surface area contributed by atoms with E-state index in [1.54, 1.807) is 6.07 Å². The number of hydrogen-bond acceptors (Lipinski definition) is 4. The zero-order valence-corrected chi connectivity index (χ0v) is 12.9. The van der Waals surface area contributed by atoms with E-state index in [0.717, 1.165) is 38.9 Å². The Labute approximate surface area is 129 Å². The topological polar surface area (TPSA) is 51.5 Å². The van der Waals surface area contributed by atoms with Gasteiger partial charge in [0, 0.05) is 56.7 Å². The summed E-state index contributed by atoms with van der Waals surface area (Å²) in [5, 5.41) is 0. The second-order valence-electron chi connectivity index (χ2n) is 6.91. The summed E-state index contributed by atoms with van der Waals surface area (Å²) >= 11 is 0. The van der Waals surface area contributed by atoms with Crippen molar-refractivity contribution in [3.05, 3.63) is 34.2 Å². The molecule has 4 heterocycles. The number of aromatic nitrogens is 1. The summed E-state index contributed by atoms with van der Waals surface area (Å²) in [5.74, 6) is 0.774. The van der Waals surface area contributed by atoms with Gasteiger partial charge in [-0.25, -0.2) is 0 Å². The van der Waals surface area contributed by atoms with Crippen molar-refractivity contribution in [3.8, 4) is 0 Å². The van der Waals surface area contributed by atoms with Gasteiger partial charge >= 0.3 is 5.97 Å². The van der Waals surface area contributed by atoms with Crippen LogP contribution in [0.4, 0.5) is 0 Å². The van der Waals surface area contributed by atoms with E-state index in [-0.39, 0.29) is 17.6 Å². The molecular weight excluding hydrogens is 280 g/mol. The van der Waals surface area contributed by atoms with Gasteiger partial charge in [0.25, 0.3) is 5.56 Å². The highest BCUT2D eigenvalue weighted by Crippen LogP contribution is 2.41. The van der Waals surface area contributed by atoms with E-state index in [1.807, 2.05) is 10.6 Å². The van der Waals surface area contributed by atoms with Gasteiger partial charge in [0.1, 0.15) is 6.10 Å². The van der Waals surface area contributed by atoms with Gasteiger partial charge in [-0.3, -0.25) is 14.5 Å². The molecule has 118 valence electrons. The lowest BCUT2D eigenvalue weighted by Gasteiger charge is -2.51. The van der Waals surface area contributed by atoms with Gasteiger partial charge in [-0.05, 0) is 24.8 Å². The third kappa shape index (κ3) is 2.28. The number of piperidine rings is 2. The smallest absolute Gasteiger partial charge is 0.302 e. The highest BCUT2D eigenvalue weighted by Gasteiger charge is 2.44. The van der Waals surface area contributed by atoms with Crippen LogP contribution in [0.2, 0.25) is 0 Å². The molecule has 3 aliphatic rings.